The Bertz CT molecular complexity index is 901. The Labute approximate surface area is 134 Å². The summed E-state index contributed by atoms with van der Waals surface area (Å²) < 4.78 is 5.38. The van der Waals surface area contributed by atoms with E-state index in [1.165, 1.54) is 6.92 Å². The second-order valence-electron chi connectivity index (χ2n) is 5.11. The molecule has 0 aliphatic carbocycles. The Morgan fingerprint density at radius 2 is 1.48 bits per heavy atom. The van der Waals surface area contributed by atoms with Crippen LogP contribution in [0.1, 0.15) is 17.3 Å². The van der Waals surface area contributed by atoms with Crippen LogP contribution in [0.5, 0.6) is 5.75 Å². The van der Waals surface area contributed by atoms with E-state index in [4.69, 9.17) is 4.74 Å². The molecular formula is C19H16N2O2. The molecule has 0 fully saturated rings. The van der Waals surface area contributed by atoms with Gasteiger partial charge in [0.05, 0.1) is 18.5 Å². The van der Waals surface area contributed by atoms with Crippen LogP contribution in [0.25, 0.3) is 10.8 Å². The van der Waals surface area contributed by atoms with Crippen molar-refractivity contribution >= 4 is 27.9 Å². The highest BCUT2D eigenvalue weighted by molar-refractivity contribution is 5.99. The highest BCUT2D eigenvalue weighted by atomic mass is 16.5. The molecule has 23 heavy (non-hydrogen) atoms. The standard InChI is InChI=1S/C19H16N2O2/c1-13(22)14-7-5-6-10-17(14)20-21-18-11-12-19(23-2)16-9-4-3-8-15(16)18/h3-12H,1-2H3. The number of nitrogens with zero attached hydrogens (tertiary/aromatic N) is 2. The van der Waals surface area contributed by atoms with Crippen molar-refractivity contribution in [2.24, 2.45) is 10.2 Å². The quantitative estimate of drug-likeness (QED) is 0.474. The van der Waals surface area contributed by atoms with Gasteiger partial charge in [0.1, 0.15) is 5.75 Å². The minimum absolute atomic E-state index is 0.0286. The smallest absolute Gasteiger partial charge is 0.162 e. The zero-order valence-corrected chi connectivity index (χ0v) is 13.0. The first-order valence-electron chi connectivity index (χ1n) is 7.28. The molecule has 0 aliphatic heterocycles. The van der Waals surface area contributed by atoms with Crippen LogP contribution < -0.4 is 4.74 Å². The van der Waals surface area contributed by atoms with Gasteiger partial charge in [0.2, 0.25) is 0 Å². The molecule has 3 rings (SSSR count). The Kier molecular flexibility index (Phi) is 4.15. The van der Waals surface area contributed by atoms with Crippen LogP contribution in [-0.4, -0.2) is 12.9 Å². The molecule has 0 atom stereocenters. The lowest BCUT2D eigenvalue weighted by Crippen LogP contribution is -1.91. The summed E-state index contributed by atoms with van der Waals surface area (Å²) in [6.45, 7) is 1.52. The number of hydrogen-bond donors (Lipinski definition) is 0. The maximum absolute atomic E-state index is 11.7. The number of hydrogen-bond acceptors (Lipinski definition) is 4. The third-order valence-corrected chi connectivity index (χ3v) is 3.63. The zero-order chi connectivity index (χ0) is 16.2. The largest absolute Gasteiger partial charge is 0.496 e. The summed E-state index contributed by atoms with van der Waals surface area (Å²) in [4.78, 5) is 11.7. The Hall–Kier alpha value is -3.01. The van der Waals surface area contributed by atoms with E-state index in [9.17, 15) is 4.79 Å². The van der Waals surface area contributed by atoms with E-state index in [-0.39, 0.29) is 5.78 Å². The topological polar surface area (TPSA) is 51.0 Å². The van der Waals surface area contributed by atoms with Crippen molar-refractivity contribution in [2.45, 2.75) is 6.92 Å². The number of fused-ring (bicyclic) bond motifs is 1. The first-order valence-corrected chi connectivity index (χ1v) is 7.28. The Morgan fingerprint density at radius 1 is 0.826 bits per heavy atom. The maximum atomic E-state index is 11.7. The maximum Gasteiger partial charge on any atom is 0.162 e. The highest BCUT2D eigenvalue weighted by Gasteiger charge is 2.07. The van der Waals surface area contributed by atoms with Crippen molar-refractivity contribution in [1.82, 2.24) is 0 Å². The number of benzene rings is 3. The number of ketones is 1. The Balaban J connectivity index is 2.08. The average Bonchev–Trinajstić information content (AvgIpc) is 2.59. The van der Waals surface area contributed by atoms with Gasteiger partial charge in [-0.1, -0.05) is 36.4 Å². The van der Waals surface area contributed by atoms with Crippen molar-refractivity contribution in [2.75, 3.05) is 7.11 Å². The fourth-order valence-electron chi connectivity index (χ4n) is 2.49. The highest BCUT2D eigenvalue weighted by Crippen LogP contribution is 2.34. The molecule has 3 aromatic rings. The van der Waals surface area contributed by atoms with Crippen molar-refractivity contribution in [3.63, 3.8) is 0 Å². The van der Waals surface area contributed by atoms with Crippen LogP contribution in [0.2, 0.25) is 0 Å². The van der Waals surface area contributed by atoms with Crippen LogP contribution in [0, 0.1) is 0 Å². The van der Waals surface area contributed by atoms with Gasteiger partial charge in [-0.2, -0.15) is 0 Å². The van der Waals surface area contributed by atoms with Gasteiger partial charge >= 0.3 is 0 Å². The molecule has 0 aromatic heterocycles. The lowest BCUT2D eigenvalue weighted by molar-refractivity contribution is 0.101. The summed E-state index contributed by atoms with van der Waals surface area (Å²) in [5, 5.41) is 10.5. The Morgan fingerprint density at radius 3 is 2.22 bits per heavy atom. The molecule has 114 valence electrons. The van der Waals surface area contributed by atoms with Gasteiger partial charge in [-0.15, -0.1) is 10.2 Å². The van der Waals surface area contributed by atoms with E-state index >= 15 is 0 Å². The van der Waals surface area contributed by atoms with Crippen LogP contribution in [0.3, 0.4) is 0 Å². The molecule has 0 spiro atoms. The van der Waals surface area contributed by atoms with Crippen molar-refractivity contribution in [3.05, 3.63) is 66.2 Å². The normalized spacial score (nSPS) is 11.0. The summed E-state index contributed by atoms with van der Waals surface area (Å²) in [6, 6.07) is 18.8. The van der Waals surface area contributed by atoms with Crippen LogP contribution >= 0.6 is 0 Å². The summed E-state index contributed by atoms with van der Waals surface area (Å²) in [5.74, 6) is 0.767. The number of azo groups is 1. The van der Waals surface area contributed by atoms with E-state index < -0.39 is 0 Å². The van der Waals surface area contributed by atoms with Crippen molar-refractivity contribution < 1.29 is 9.53 Å². The average molecular weight is 304 g/mol. The molecule has 0 heterocycles. The number of carbonyl (C=O) groups excluding carboxylic acids is 1. The number of Topliss-reactive ketones (excluding diaryl/α,β-unsaturated/α-hetero) is 1. The zero-order valence-electron chi connectivity index (χ0n) is 13.0. The van der Waals surface area contributed by atoms with Crippen LogP contribution in [-0.2, 0) is 0 Å². The van der Waals surface area contributed by atoms with Crippen LogP contribution in [0.4, 0.5) is 11.4 Å². The number of rotatable bonds is 4. The lowest BCUT2D eigenvalue weighted by atomic mass is 10.1. The molecule has 0 aliphatic rings. The predicted octanol–water partition coefficient (Wildman–Crippen LogP) is 5.47. The summed E-state index contributed by atoms with van der Waals surface area (Å²) in [7, 11) is 1.64. The molecular weight excluding hydrogens is 288 g/mol. The molecule has 0 radical (unpaired) electrons. The minimum Gasteiger partial charge on any atom is -0.496 e. The van der Waals surface area contributed by atoms with E-state index in [1.54, 1.807) is 19.2 Å². The summed E-state index contributed by atoms with van der Waals surface area (Å²) in [6.07, 6.45) is 0. The SMILES string of the molecule is COc1ccc(N=Nc2ccccc2C(C)=O)c2ccccc12. The summed E-state index contributed by atoms with van der Waals surface area (Å²) >= 11 is 0. The molecule has 4 nitrogen and oxygen atoms in total. The van der Waals surface area contributed by atoms with Gasteiger partial charge in [0.25, 0.3) is 0 Å². The number of carbonyl (C=O) groups is 1. The third kappa shape index (κ3) is 2.97. The molecule has 0 N–H and O–H groups in total. The number of ether oxygens (including phenoxy) is 1. The van der Waals surface area contributed by atoms with Gasteiger partial charge in [-0.05, 0) is 31.2 Å². The third-order valence-electron chi connectivity index (χ3n) is 3.63. The van der Waals surface area contributed by atoms with Gasteiger partial charge in [-0.3, -0.25) is 4.79 Å². The van der Waals surface area contributed by atoms with Crippen molar-refractivity contribution in [3.8, 4) is 5.75 Å². The van der Waals surface area contributed by atoms with Gasteiger partial charge in [0.15, 0.2) is 5.78 Å². The van der Waals surface area contributed by atoms with E-state index in [0.29, 0.717) is 11.3 Å². The van der Waals surface area contributed by atoms with Gasteiger partial charge in [0, 0.05) is 16.3 Å². The minimum atomic E-state index is -0.0286. The lowest BCUT2D eigenvalue weighted by Gasteiger charge is -2.07. The van der Waals surface area contributed by atoms with Crippen molar-refractivity contribution in [1.29, 1.82) is 0 Å². The van der Waals surface area contributed by atoms with E-state index in [1.807, 2.05) is 48.5 Å². The molecule has 0 amide bonds. The first-order chi connectivity index (χ1) is 11.2. The monoisotopic (exact) mass is 304 g/mol. The van der Waals surface area contributed by atoms with E-state index in [2.05, 4.69) is 10.2 Å². The molecule has 3 aromatic carbocycles. The van der Waals surface area contributed by atoms with Crippen LogP contribution in [0.15, 0.2) is 70.9 Å². The second kappa shape index (κ2) is 6.40. The summed E-state index contributed by atoms with van der Waals surface area (Å²) in [5.41, 5.74) is 1.87. The molecule has 0 unspecified atom stereocenters. The molecule has 0 saturated heterocycles. The second-order valence-corrected chi connectivity index (χ2v) is 5.11. The van der Waals surface area contributed by atoms with E-state index in [0.717, 1.165) is 22.2 Å². The number of methoxy groups -OCH3 is 1. The fourth-order valence-corrected chi connectivity index (χ4v) is 2.49. The predicted molar refractivity (Wildman–Crippen MR) is 91.1 cm³/mol. The molecule has 0 saturated carbocycles. The molecule has 4 heteroatoms. The van der Waals surface area contributed by atoms with Gasteiger partial charge in [-0.25, -0.2) is 0 Å². The molecule has 0 bridgehead atoms. The fraction of sp³-hybridized carbons (Fsp3) is 0.105. The first kappa shape index (κ1) is 14.9. The van der Waals surface area contributed by atoms with Gasteiger partial charge < -0.3 is 4.74 Å².